The number of thiazole rings is 1. The van der Waals surface area contributed by atoms with Gasteiger partial charge in [-0.1, -0.05) is 6.92 Å². The zero-order chi connectivity index (χ0) is 13.2. The molecule has 1 heterocycles. The molecule has 0 saturated carbocycles. The molecular formula is C11H20N2O2S2. The Morgan fingerprint density at radius 3 is 2.29 bits per heavy atom. The van der Waals surface area contributed by atoms with Crippen LogP contribution in [0.5, 0.6) is 0 Å². The van der Waals surface area contributed by atoms with Gasteiger partial charge in [-0.05, 0) is 27.2 Å². The van der Waals surface area contributed by atoms with E-state index in [1.54, 1.807) is 13.8 Å². The van der Waals surface area contributed by atoms with Gasteiger partial charge in [-0.25, -0.2) is 13.4 Å². The van der Waals surface area contributed by atoms with Gasteiger partial charge in [-0.15, -0.1) is 11.3 Å². The van der Waals surface area contributed by atoms with Crippen LogP contribution in [0.25, 0.3) is 0 Å². The van der Waals surface area contributed by atoms with Crippen LogP contribution in [-0.2, 0) is 22.0 Å². The number of hydrogen-bond donors (Lipinski definition) is 1. The highest BCUT2D eigenvalue weighted by Crippen LogP contribution is 2.26. The van der Waals surface area contributed by atoms with E-state index in [0.29, 0.717) is 5.01 Å². The summed E-state index contributed by atoms with van der Waals surface area (Å²) >= 11 is 1.42. The minimum absolute atomic E-state index is 0.0229. The lowest BCUT2D eigenvalue weighted by Crippen LogP contribution is -2.15. The molecule has 0 aliphatic carbocycles. The third kappa shape index (κ3) is 3.50. The molecule has 2 N–H and O–H groups in total. The molecule has 1 rings (SSSR count). The zero-order valence-corrected chi connectivity index (χ0v) is 12.4. The fourth-order valence-electron chi connectivity index (χ4n) is 1.42. The van der Waals surface area contributed by atoms with Crippen LogP contribution in [0, 0.1) is 0 Å². The monoisotopic (exact) mass is 276 g/mol. The quantitative estimate of drug-likeness (QED) is 0.893. The van der Waals surface area contributed by atoms with Crippen molar-refractivity contribution in [2.24, 2.45) is 5.73 Å². The maximum atomic E-state index is 11.8. The second-order valence-corrected chi connectivity index (χ2v) is 8.09. The Morgan fingerprint density at radius 1 is 1.35 bits per heavy atom. The summed E-state index contributed by atoms with van der Waals surface area (Å²) < 4.78 is 23.6. The van der Waals surface area contributed by atoms with Crippen LogP contribution in [0.4, 0.5) is 0 Å². The molecule has 0 spiro atoms. The first-order valence-corrected chi connectivity index (χ1v) is 8.26. The maximum Gasteiger partial charge on any atom is 0.159 e. The summed E-state index contributed by atoms with van der Waals surface area (Å²) in [6.45, 7) is 7.28. The summed E-state index contributed by atoms with van der Waals surface area (Å²) in [6.07, 6.45) is 0.787. The standard InChI is InChI=1S/C11H20N2O2S2/c1-5-9-11(8(4)12)16-10(13-9)6-17(14,15)7(2)3/h7-8H,5-6,12H2,1-4H3. The summed E-state index contributed by atoms with van der Waals surface area (Å²) in [6, 6.07) is -0.0852. The molecular weight excluding hydrogens is 256 g/mol. The summed E-state index contributed by atoms with van der Waals surface area (Å²) in [5.41, 5.74) is 6.78. The van der Waals surface area contributed by atoms with Crippen LogP contribution < -0.4 is 5.73 Å². The summed E-state index contributed by atoms with van der Waals surface area (Å²) in [7, 11) is -3.08. The minimum atomic E-state index is -3.08. The lowest BCUT2D eigenvalue weighted by atomic mass is 10.2. The van der Waals surface area contributed by atoms with Crippen molar-refractivity contribution >= 4 is 21.2 Å². The molecule has 4 nitrogen and oxygen atoms in total. The van der Waals surface area contributed by atoms with Gasteiger partial charge >= 0.3 is 0 Å². The van der Waals surface area contributed by atoms with Gasteiger partial charge in [0.05, 0.1) is 10.9 Å². The van der Waals surface area contributed by atoms with Crippen molar-refractivity contribution < 1.29 is 8.42 Å². The SMILES string of the molecule is CCc1nc(CS(=O)(=O)C(C)C)sc1C(C)N. The summed E-state index contributed by atoms with van der Waals surface area (Å²) in [4.78, 5) is 5.38. The number of sulfone groups is 1. The molecule has 0 amide bonds. The largest absolute Gasteiger partial charge is 0.323 e. The molecule has 0 bridgehead atoms. The smallest absolute Gasteiger partial charge is 0.159 e. The highest BCUT2D eigenvalue weighted by molar-refractivity contribution is 7.91. The Bertz CT molecular complexity index is 476. The van der Waals surface area contributed by atoms with Crippen molar-refractivity contribution in [3.63, 3.8) is 0 Å². The molecule has 0 aliphatic rings. The molecule has 1 aromatic rings. The van der Waals surface area contributed by atoms with Gasteiger partial charge in [0.1, 0.15) is 10.8 Å². The van der Waals surface area contributed by atoms with E-state index in [-0.39, 0.29) is 17.0 Å². The van der Waals surface area contributed by atoms with Gasteiger partial charge in [-0.2, -0.15) is 0 Å². The van der Waals surface area contributed by atoms with E-state index in [4.69, 9.17) is 5.73 Å². The van der Waals surface area contributed by atoms with E-state index in [2.05, 4.69) is 4.98 Å². The molecule has 1 unspecified atom stereocenters. The Balaban J connectivity index is 3.02. The predicted octanol–water partition coefficient (Wildman–Crippen LogP) is 2.05. The van der Waals surface area contributed by atoms with Gasteiger partial charge in [0.15, 0.2) is 9.84 Å². The number of nitrogens with zero attached hydrogens (tertiary/aromatic N) is 1. The highest BCUT2D eigenvalue weighted by atomic mass is 32.2. The molecule has 0 aromatic carbocycles. The third-order valence-corrected chi connectivity index (χ3v) is 6.16. The second-order valence-electron chi connectivity index (χ2n) is 4.42. The fourth-order valence-corrected chi connectivity index (χ4v) is 3.80. The van der Waals surface area contributed by atoms with E-state index < -0.39 is 9.84 Å². The third-order valence-electron chi connectivity index (χ3n) is 2.56. The topological polar surface area (TPSA) is 73.0 Å². The minimum Gasteiger partial charge on any atom is -0.323 e. The average Bonchev–Trinajstić information content (AvgIpc) is 2.60. The Hall–Kier alpha value is -0.460. The van der Waals surface area contributed by atoms with Gasteiger partial charge in [-0.3, -0.25) is 0 Å². The Kier molecular flexibility index (Phi) is 4.69. The number of nitrogens with two attached hydrogens (primary N) is 1. The van der Waals surface area contributed by atoms with Gasteiger partial charge in [0.2, 0.25) is 0 Å². The molecule has 0 aliphatic heterocycles. The first-order valence-electron chi connectivity index (χ1n) is 5.73. The van der Waals surface area contributed by atoms with Crippen LogP contribution in [0.2, 0.25) is 0 Å². The van der Waals surface area contributed by atoms with Crippen molar-refractivity contribution in [2.75, 3.05) is 0 Å². The second kappa shape index (κ2) is 5.46. The van der Waals surface area contributed by atoms with Crippen molar-refractivity contribution in [1.29, 1.82) is 0 Å². The molecule has 1 aromatic heterocycles. The number of aromatic nitrogens is 1. The van der Waals surface area contributed by atoms with Crippen molar-refractivity contribution in [3.05, 3.63) is 15.6 Å². The molecule has 98 valence electrons. The first kappa shape index (κ1) is 14.6. The lowest BCUT2D eigenvalue weighted by molar-refractivity contribution is 0.586. The van der Waals surface area contributed by atoms with Crippen LogP contribution >= 0.6 is 11.3 Å². The van der Waals surface area contributed by atoms with Gasteiger partial charge in [0, 0.05) is 10.9 Å². The molecule has 0 fully saturated rings. The van der Waals surface area contributed by atoms with E-state index in [9.17, 15) is 8.42 Å². The van der Waals surface area contributed by atoms with Crippen molar-refractivity contribution in [3.8, 4) is 0 Å². The maximum absolute atomic E-state index is 11.8. The molecule has 6 heteroatoms. The molecule has 0 saturated heterocycles. The average molecular weight is 276 g/mol. The van der Waals surface area contributed by atoms with Crippen molar-refractivity contribution in [2.45, 2.75) is 51.2 Å². The Labute approximate surface area is 107 Å². The van der Waals surface area contributed by atoms with E-state index in [0.717, 1.165) is 17.0 Å². The molecule has 1 atom stereocenters. The van der Waals surface area contributed by atoms with Crippen molar-refractivity contribution in [1.82, 2.24) is 4.98 Å². The van der Waals surface area contributed by atoms with Gasteiger partial charge in [0.25, 0.3) is 0 Å². The number of hydrogen-bond acceptors (Lipinski definition) is 5. The van der Waals surface area contributed by atoms with Gasteiger partial charge < -0.3 is 5.73 Å². The normalized spacial score (nSPS) is 14.2. The van der Waals surface area contributed by atoms with Crippen LogP contribution in [0.3, 0.4) is 0 Å². The van der Waals surface area contributed by atoms with E-state index >= 15 is 0 Å². The first-order chi connectivity index (χ1) is 7.77. The number of rotatable bonds is 5. The predicted molar refractivity (Wildman–Crippen MR) is 71.9 cm³/mol. The highest BCUT2D eigenvalue weighted by Gasteiger charge is 2.21. The van der Waals surface area contributed by atoms with E-state index in [1.165, 1.54) is 11.3 Å². The summed E-state index contributed by atoms with van der Waals surface area (Å²) in [5.74, 6) is 0.0229. The fraction of sp³-hybridized carbons (Fsp3) is 0.727. The van der Waals surface area contributed by atoms with Crippen LogP contribution in [0.15, 0.2) is 0 Å². The lowest BCUT2D eigenvalue weighted by Gasteiger charge is -2.04. The zero-order valence-electron chi connectivity index (χ0n) is 10.7. The Morgan fingerprint density at radius 2 is 1.94 bits per heavy atom. The van der Waals surface area contributed by atoms with E-state index in [1.807, 2.05) is 13.8 Å². The van der Waals surface area contributed by atoms with Crippen LogP contribution in [0.1, 0.15) is 49.3 Å². The molecule has 0 radical (unpaired) electrons. The summed E-state index contributed by atoms with van der Waals surface area (Å²) in [5, 5.41) is 0.290. The van der Waals surface area contributed by atoms with Crippen LogP contribution in [-0.4, -0.2) is 18.7 Å². The molecule has 17 heavy (non-hydrogen) atoms. The number of aryl methyl sites for hydroxylation is 1.